The number of amides is 3. The van der Waals surface area contributed by atoms with Gasteiger partial charge in [-0.1, -0.05) is 37.1 Å². The average molecular weight is 818 g/mol. The maximum atomic E-state index is 14.7. The lowest BCUT2D eigenvalue weighted by Gasteiger charge is -2.30. The van der Waals surface area contributed by atoms with E-state index in [0.717, 1.165) is 29.5 Å². The smallest absolute Gasteiger partial charge is 0.408 e. The van der Waals surface area contributed by atoms with Crippen LogP contribution in [0.5, 0.6) is 6.01 Å². The van der Waals surface area contributed by atoms with Gasteiger partial charge in [-0.25, -0.2) is 23.2 Å². The van der Waals surface area contributed by atoms with Crippen LogP contribution >= 0.6 is 0 Å². The molecule has 3 fully saturated rings. The van der Waals surface area contributed by atoms with E-state index < -0.39 is 61.9 Å². The van der Waals surface area contributed by atoms with E-state index in [2.05, 4.69) is 20.0 Å². The highest BCUT2D eigenvalue weighted by molar-refractivity contribution is 7.91. The molecule has 7 rings (SSSR count). The summed E-state index contributed by atoms with van der Waals surface area (Å²) in [6.07, 6.45) is 11.7. The Hall–Kier alpha value is -4.86. The molecule has 4 aliphatic rings. The number of fused-ring (bicyclic) bond motifs is 3. The number of para-hydroxylation sites is 1. The normalized spacial score (nSPS) is 26.8. The molecule has 2 aliphatic heterocycles. The quantitative estimate of drug-likeness (QED) is 0.261. The van der Waals surface area contributed by atoms with Crippen LogP contribution in [0.4, 0.5) is 4.79 Å². The van der Waals surface area contributed by atoms with E-state index in [4.69, 9.17) is 14.5 Å². The van der Waals surface area contributed by atoms with Gasteiger partial charge in [0.25, 0.3) is 6.01 Å². The summed E-state index contributed by atoms with van der Waals surface area (Å²) in [7, 11) is -3.96. The highest BCUT2D eigenvalue weighted by atomic mass is 32.2. The lowest BCUT2D eigenvalue weighted by atomic mass is 9.91. The topological polar surface area (TPSA) is 192 Å². The summed E-state index contributed by atoms with van der Waals surface area (Å²) >= 11 is 0. The van der Waals surface area contributed by atoms with Crippen molar-refractivity contribution < 1.29 is 37.1 Å². The molecule has 0 radical (unpaired) electrons. The molecule has 16 heteroatoms. The van der Waals surface area contributed by atoms with Gasteiger partial charge >= 0.3 is 6.09 Å². The van der Waals surface area contributed by atoms with Crippen molar-refractivity contribution in [2.24, 2.45) is 11.3 Å². The van der Waals surface area contributed by atoms with Crippen LogP contribution in [0.3, 0.4) is 0 Å². The number of allylic oxidation sites excluding steroid dienone is 2. The molecule has 5 atom stereocenters. The molecule has 0 unspecified atom stereocenters. The molecule has 15 nitrogen and oxygen atoms in total. The van der Waals surface area contributed by atoms with Crippen molar-refractivity contribution in [3.05, 3.63) is 49.1 Å². The van der Waals surface area contributed by atoms with Crippen molar-refractivity contribution >= 4 is 44.7 Å². The van der Waals surface area contributed by atoms with E-state index >= 15 is 0 Å². The van der Waals surface area contributed by atoms with Gasteiger partial charge < -0.3 is 19.7 Å². The zero-order valence-corrected chi connectivity index (χ0v) is 35.0. The second-order valence-corrected chi connectivity index (χ2v) is 20.1. The minimum atomic E-state index is -3.96. The molecule has 4 heterocycles. The number of carbonyl (C=O) groups is 4. The van der Waals surface area contributed by atoms with Gasteiger partial charge in [0.05, 0.1) is 28.3 Å². The maximum Gasteiger partial charge on any atom is 0.408 e. The molecule has 58 heavy (non-hydrogen) atoms. The fourth-order valence-corrected chi connectivity index (χ4v) is 9.57. The summed E-state index contributed by atoms with van der Waals surface area (Å²) in [6, 6.07) is 4.05. The molecule has 1 saturated heterocycles. The molecular weight excluding hydrogens is 763 g/mol. The van der Waals surface area contributed by atoms with Crippen molar-refractivity contribution in [1.82, 2.24) is 34.5 Å². The molecule has 3 amide bonds. The van der Waals surface area contributed by atoms with Gasteiger partial charge in [0.1, 0.15) is 29.6 Å². The number of ketones is 1. The van der Waals surface area contributed by atoms with Crippen LogP contribution in [0.15, 0.2) is 49.1 Å². The Bertz CT molecular complexity index is 2210. The number of hydrogen-bond acceptors (Lipinski definition) is 11. The number of rotatable bonds is 8. The van der Waals surface area contributed by atoms with E-state index in [-0.39, 0.29) is 37.1 Å². The minimum absolute atomic E-state index is 0.0116. The molecule has 2 aromatic heterocycles. The first-order valence-electron chi connectivity index (χ1n) is 20.4. The predicted molar refractivity (Wildman–Crippen MR) is 216 cm³/mol. The first-order chi connectivity index (χ1) is 27.4. The second kappa shape index (κ2) is 15.7. The summed E-state index contributed by atoms with van der Waals surface area (Å²) in [6.45, 7) is 10.9. The standard InChI is InChI=1S/C42H55N7O8S/c1-26(2)49-32-16-12-14-30(27-22-43-25-44-23-27)35(32)46-38(49)56-29-19-33-34(50)21-42(37(52)47-58(54,55)41(6)17-18-41)20-28(42)13-10-8-7-9-11-15-31(36(51)48(33)24-29)45-39(53)57-40(3,4)5/h10,12-14,16,22-23,25-26,28-29,31,33H,7-9,11,15,17-21,24H2,1-6H3,(H,45,53)(H,47,52)/b13-10-/t28-,29-,31+,33+,42-/m1/s1. The van der Waals surface area contributed by atoms with Gasteiger partial charge in [0.2, 0.25) is 21.8 Å². The fraction of sp³-hybridized carbons (Fsp3) is 0.595. The molecular formula is C42H55N7O8S. The van der Waals surface area contributed by atoms with Crippen LogP contribution in [-0.4, -0.2) is 91.6 Å². The number of sulfonamides is 1. The molecule has 1 aromatic carbocycles. The number of nitrogens with one attached hydrogen (secondary N) is 2. The van der Waals surface area contributed by atoms with Gasteiger partial charge in [-0.15, -0.1) is 0 Å². The lowest BCUT2D eigenvalue weighted by Crippen LogP contribution is -2.53. The van der Waals surface area contributed by atoms with E-state index in [1.54, 1.807) is 40.1 Å². The molecule has 2 saturated carbocycles. The predicted octanol–water partition coefficient (Wildman–Crippen LogP) is 5.80. The van der Waals surface area contributed by atoms with E-state index in [9.17, 15) is 27.6 Å². The third kappa shape index (κ3) is 8.48. The maximum absolute atomic E-state index is 14.7. The summed E-state index contributed by atoms with van der Waals surface area (Å²) < 4.78 is 42.0. The van der Waals surface area contributed by atoms with Crippen molar-refractivity contribution in [2.75, 3.05) is 6.54 Å². The summed E-state index contributed by atoms with van der Waals surface area (Å²) in [5, 5.41) is 2.79. The Labute approximate surface area is 339 Å². The molecule has 0 bridgehead atoms. The Morgan fingerprint density at radius 3 is 2.48 bits per heavy atom. The van der Waals surface area contributed by atoms with Crippen molar-refractivity contribution in [3.63, 3.8) is 0 Å². The number of aromatic nitrogens is 4. The third-order valence-electron chi connectivity index (χ3n) is 11.9. The first kappa shape index (κ1) is 41.3. The van der Waals surface area contributed by atoms with E-state index in [1.165, 1.54) is 11.2 Å². The zero-order valence-electron chi connectivity index (χ0n) is 34.2. The van der Waals surface area contributed by atoms with Gasteiger partial charge in [-0.3, -0.25) is 23.7 Å². The van der Waals surface area contributed by atoms with Gasteiger partial charge in [-0.05, 0) is 92.1 Å². The fourth-order valence-electron chi connectivity index (χ4n) is 8.24. The minimum Gasteiger partial charge on any atom is -0.459 e. The molecule has 2 aliphatic carbocycles. The number of hydrogen-bond donors (Lipinski definition) is 2. The molecule has 3 aromatic rings. The SMILES string of the molecule is CC(C)n1c(O[C@@H]2C[C@H]3C(=O)C[C@]4(C(=O)NS(=O)(=O)C5(C)CC5)C[C@H]4/C=C\CCCCC[C@H](NC(=O)OC(C)(C)C)C(=O)N3C2)nc2c(-c3cncnc3)cccc21. The second-order valence-electron chi connectivity index (χ2n) is 17.9. The van der Waals surface area contributed by atoms with E-state index in [1.807, 2.05) is 48.8 Å². The number of alkyl carbamates (subject to hydrolysis) is 1. The lowest BCUT2D eigenvalue weighted by molar-refractivity contribution is -0.140. The number of nitrogens with zero attached hydrogens (tertiary/aromatic N) is 5. The Kier molecular flexibility index (Phi) is 11.2. The Morgan fingerprint density at radius 1 is 1.05 bits per heavy atom. The van der Waals surface area contributed by atoms with Crippen LogP contribution in [0.1, 0.15) is 112 Å². The Morgan fingerprint density at radius 2 is 1.79 bits per heavy atom. The molecule has 0 spiro atoms. The van der Waals surface area contributed by atoms with Crippen LogP contribution in [0.25, 0.3) is 22.2 Å². The van der Waals surface area contributed by atoms with Crippen molar-refractivity contribution in [3.8, 4) is 17.1 Å². The Balaban J connectivity index is 1.22. The van der Waals surface area contributed by atoms with Crippen molar-refractivity contribution in [1.29, 1.82) is 0 Å². The van der Waals surface area contributed by atoms with Gasteiger partial charge in [0.15, 0.2) is 5.78 Å². The first-order valence-corrected chi connectivity index (χ1v) is 21.9. The average Bonchev–Trinajstić information content (AvgIpc) is 3.97. The van der Waals surface area contributed by atoms with Crippen LogP contribution in [0, 0.1) is 11.3 Å². The number of imidazole rings is 1. The largest absolute Gasteiger partial charge is 0.459 e. The van der Waals surface area contributed by atoms with Crippen LogP contribution in [0.2, 0.25) is 0 Å². The van der Waals surface area contributed by atoms with Crippen LogP contribution in [-0.2, 0) is 29.1 Å². The summed E-state index contributed by atoms with van der Waals surface area (Å²) in [4.78, 5) is 71.3. The van der Waals surface area contributed by atoms with Crippen LogP contribution < -0.4 is 14.8 Å². The van der Waals surface area contributed by atoms with Crippen molar-refractivity contribution in [2.45, 2.75) is 140 Å². The molecule has 2 N–H and O–H groups in total. The van der Waals surface area contributed by atoms with Gasteiger partial charge in [0, 0.05) is 42.4 Å². The number of carbonyl (C=O) groups excluding carboxylic acids is 4. The monoisotopic (exact) mass is 817 g/mol. The third-order valence-corrected chi connectivity index (χ3v) is 14.1. The molecule has 312 valence electrons. The number of Topliss-reactive ketones (excluding diaryl/α,β-unsaturated/α-hetero) is 1. The number of benzene rings is 1. The highest BCUT2D eigenvalue weighted by Gasteiger charge is 2.62. The highest BCUT2D eigenvalue weighted by Crippen LogP contribution is 2.57. The number of ether oxygens (including phenoxy) is 2. The van der Waals surface area contributed by atoms with E-state index in [0.29, 0.717) is 50.1 Å². The summed E-state index contributed by atoms with van der Waals surface area (Å²) in [5.74, 6) is -1.86. The summed E-state index contributed by atoms with van der Waals surface area (Å²) in [5.41, 5.74) is 1.01. The zero-order chi connectivity index (χ0) is 41.6. The van der Waals surface area contributed by atoms with Gasteiger partial charge in [-0.2, -0.15) is 4.98 Å².